The maximum absolute atomic E-state index is 12.6. The molecule has 6 nitrogen and oxygen atoms in total. The molecule has 1 aliphatic heterocycles. The molecule has 158 valence electrons. The largest absolute Gasteiger partial charge is 0.849 e. The molecule has 1 aliphatic rings. The first-order chi connectivity index (χ1) is 13.4. The fraction of sp³-hybridized carbons (Fsp3) is 0.682. The van der Waals surface area contributed by atoms with Crippen LogP contribution in [0, 0.1) is 11.8 Å². The van der Waals surface area contributed by atoms with Gasteiger partial charge in [-0.3, -0.25) is 4.79 Å². The van der Waals surface area contributed by atoms with E-state index in [-0.39, 0.29) is 11.9 Å². The van der Waals surface area contributed by atoms with Crippen molar-refractivity contribution in [3.05, 3.63) is 23.8 Å². The summed E-state index contributed by atoms with van der Waals surface area (Å²) in [6.45, 7) is 5.46. The molecule has 0 bridgehead atoms. The Hall–Kier alpha value is -1.79. The Morgan fingerprint density at radius 1 is 1.21 bits per heavy atom. The Morgan fingerprint density at radius 3 is 2.61 bits per heavy atom. The Labute approximate surface area is 168 Å². The molecule has 1 unspecified atom stereocenters. The lowest BCUT2D eigenvalue weighted by molar-refractivity contribution is -0.439. The Bertz CT molecular complexity index is 615. The van der Waals surface area contributed by atoms with E-state index in [1.54, 1.807) is 14.2 Å². The highest BCUT2D eigenvalue weighted by Gasteiger charge is 2.27. The lowest BCUT2D eigenvalue weighted by Crippen LogP contribution is -2.40. The number of methoxy groups -OCH3 is 2. The lowest BCUT2D eigenvalue weighted by atomic mass is 9.83. The number of hydrogen-bond donors (Lipinski definition) is 0. The summed E-state index contributed by atoms with van der Waals surface area (Å²) in [5.41, 5.74) is 1.11. The topological polar surface area (TPSA) is 77.0 Å². The SMILES string of the molecule is COCCCOc1cc(C[C@@H](CC([O-])[C@H]2CCC(=O)O2)C(C)C)ccc1OC. The molecule has 6 heteroatoms. The molecular weight excluding hydrogens is 360 g/mol. The molecule has 0 aliphatic carbocycles. The van der Waals surface area contributed by atoms with Crippen molar-refractivity contribution in [3.63, 3.8) is 0 Å². The van der Waals surface area contributed by atoms with Gasteiger partial charge in [-0.2, -0.15) is 0 Å². The normalized spacial score (nSPS) is 18.8. The van der Waals surface area contributed by atoms with Crippen LogP contribution >= 0.6 is 0 Å². The molecule has 1 fully saturated rings. The van der Waals surface area contributed by atoms with Crippen molar-refractivity contribution >= 4 is 5.97 Å². The van der Waals surface area contributed by atoms with Crippen molar-refractivity contribution in [2.24, 2.45) is 11.8 Å². The minimum absolute atomic E-state index is 0.205. The van der Waals surface area contributed by atoms with Crippen LogP contribution in [0.2, 0.25) is 0 Å². The molecule has 2 rings (SSSR count). The molecule has 1 aromatic carbocycles. The van der Waals surface area contributed by atoms with Gasteiger partial charge in [-0.05, 0) is 42.4 Å². The predicted octanol–water partition coefficient (Wildman–Crippen LogP) is 2.75. The highest BCUT2D eigenvalue weighted by atomic mass is 16.6. The number of carbonyl (C=O) groups is 1. The van der Waals surface area contributed by atoms with Gasteiger partial charge in [0.15, 0.2) is 11.5 Å². The summed E-state index contributed by atoms with van der Waals surface area (Å²) in [4.78, 5) is 11.3. The Morgan fingerprint density at radius 2 is 2.00 bits per heavy atom. The first kappa shape index (κ1) is 22.5. The molecular formula is C22H33O6-. The van der Waals surface area contributed by atoms with Crippen LogP contribution in [0.1, 0.15) is 45.1 Å². The van der Waals surface area contributed by atoms with E-state index in [2.05, 4.69) is 13.8 Å². The van der Waals surface area contributed by atoms with E-state index in [0.717, 1.165) is 18.4 Å². The second kappa shape index (κ2) is 11.3. The minimum Gasteiger partial charge on any atom is -0.849 e. The summed E-state index contributed by atoms with van der Waals surface area (Å²) < 4.78 is 21.5. The van der Waals surface area contributed by atoms with Crippen LogP contribution in [-0.4, -0.2) is 45.6 Å². The Kier molecular flexibility index (Phi) is 9.06. The average Bonchev–Trinajstić information content (AvgIpc) is 3.11. The third kappa shape index (κ3) is 6.67. The van der Waals surface area contributed by atoms with Gasteiger partial charge in [0.25, 0.3) is 0 Å². The van der Waals surface area contributed by atoms with Crippen molar-refractivity contribution in [2.75, 3.05) is 27.4 Å². The smallest absolute Gasteiger partial charge is 0.306 e. The average molecular weight is 394 g/mol. The van der Waals surface area contributed by atoms with E-state index in [9.17, 15) is 9.90 Å². The van der Waals surface area contributed by atoms with Crippen molar-refractivity contribution < 1.29 is 28.8 Å². The van der Waals surface area contributed by atoms with E-state index in [1.807, 2.05) is 18.2 Å². The summed E-state index contributed by atoms with van der Waals surface area (Å²) in [6, 6.07) is 5.92. The maximum Gasteiger partial charge on any atom is 0.306 e. The quantitative estimate of drug-likeness (QED) is 0.401. The van der Waals surface area contributed by atoms with Gasteiger partial charge >= 0.3 is 5.97 Å². The second-order valence-electron chi connectivity index (χ2n) is 7.73. The number of cyclic esters (lactones) is 1. The maximum atomic E-state index is 12.6. The zero-order valence-corrected chi connectivity index (χ0v) is 17.4. The van der Waals surface area contributed by atoms with E-state index in [4.69, 9.17) is 18.9 Å². The van der Waals surface area contributed by atoms with Crippen LogP contribution in [0.25, 0.3) is 0 Å². The van der Waals surface area contributed by atoms with E-state index in [1.165, 1.54) is 0 Å². The molecule has 3 atom stereocenters. The van der Waals surface area contributed by atoms with Gasteiger partial charge in [0.1, 0.15) is 0 Å². The first-order valence-corrected chi connectivity index (χ1v) is 10.1. The van der Waals surface area contributed by atoms with Crippen LogP contribution in [0.4, 0.5) is 0 Å². The third-order valence-corrected chi connectivity index (χ3v) is 5.28. The number of esters is 1. The van der Waals surface area contributed by atoms with Crippen LogP contribution in [0.3, 0.4) is 0 Å². The second-order valence-corrected chi connectivity index (χ2v) is 7.73. The van der Waals surface area contributed by atoms with Gasteiger partial charge < -0.3 is 24.1 Å². The first-order valence-electron chi connectivity index (χ1n) is 10.1. The van der Waals surface area contributed by atoms with Crippen LogP contribution in [0.5, 0.6) is 11.5 Å². The zero-order chi connectivity index (χ0) is 20.5. The van der Waals surface area contributed by atoms with E-state index in [0.29, 0.717) is 49.9 Å². The summed E-state index contributed by atoms with van der Waals surface area (Å²) in [5, 5.41) is 12.6. The predicted molar refractivity (Wildman–Crippen MR) is 105 cm³/mol. The monoisotopic (exact) mass is 393 g/mol. The number of rotatable bonds is 12. The highest BCUT2D eigenvalue weighted by Crippen LogP contribution is 2.32. The highest BCUT2D eigenvalue weighted by molar-refractivity contribution is 5.71. The lowest BCUT2D eigenvalue weighted by Gasteiger charge is -2.33. The molecule has 0 radical (unpaired) electrons. The van der Waals surface area contributed by atoms with Gasteiger partial charge in [0, 0.05) is 26.6 Å². The van der Waals surface area contributed by atoms with Crippen molar-refractivity contribution in [3.8, 4) is 11.5 Å². The molecule has 0 N–H and O–H groups in total. The third-order valence-electron chi connectivity index (χ3n) is 5.28. The number of ether oxygens (including phenoxy) is 4. The number of hydrogen-bond acceptors (Lipinski definition) is 6. The van der Waals surface area contributed by atoms with Crippen molar-refractivity contribution in [1.29, 1.82) is 0 Å². The van der Waals surface area contributed by atoms with Crippen molar-refractivity contribution in [2.45, 2.75) is 58.2 Å². The summed E-state index contributed by atoms with van der Waals surface area (Å²) in [6.07, 6.45) is 1.61. The summed E-state index contributed by atoms with van der Waals surface area (Å²) in [5.74, 6) is 1.71. The minimum atomic E-state index is -0.873. The van der Waals surface area contributed by atoms with Crippen LogP contribution < -0.4 is 14.6 Å². The molecule has 0 spiro atoms. The van der Waals surface area contributed by atoms with Gasteiger partial charge in [-0.25, -0.2) is 0 Å². The van der Waals surface area contributed by atoms with Crippen LogP contribution in [0.15, 0.2) is 18.2 Å². The van der Waals surface area contributed by atoms with E-state index >= 15 is 0 Å². The van der Waals surface area contributed by atoms with Crippen molar-refractivity contribution in [1.82, 2.24) is 0 Å². The fourth-order valence-corrected chi connectivity index (χ4v) is 3.50. The fourth-order valence-electron chi connectivity index (χ4n) is 3.50. The van der Waals surface area contributed by atoms with Gasteiger partial charge in [0.05, 0.1) is 19.8 Å². The summed E-state index contributed by atoms with van der Waals surface area (Å²) in [7, 11) is 3.29. The molecule has 0 saturated carbocycles. The van der Waals surface area contributed by atoms with E-state index < -0.39 is 12.2 Å². The molecule has 1 heterocycles. The molecule has 28 heavy (non-hydrogen) atoms. The molecule has 0 amide bonds. The molecule has 1 aromatic rings. The molecule has 1 saturated heterocycles. The Balaban J connectivity index is 2.01. The standard InChI is InChI=1S/C22H33O6/c1-15(2)17(14-18(23)19-8-9-22(24)28-19)12-16-6-7-20(26-4)21(13-16)27-11-5-10-25-3/h6-7,13,15,17-19H,5,8-12,14H2,1-4H3/q-1/t17-,18?,19+/m0/s1. The van der Waals surface area contributed by atoms with Gasteiger partial charge in [-0.15, -0.1) is 0 Å². The summed E-state index contributed by atoms with van der Waals surface area (Å²) >= 11 is 0. The number of carbonyl (C=O) groups excluding carboxylic acids is 1. The van der Waals surface area contributed by atoms with Gasteiger partial charge in [-0.1, -0.05) is 32.4 Å². The van der Waals surface area contributed by atoms with Crippen LogP contribution in [-0.2, 0) is 20.7 Å². The molecule has 0 aromatic heterocycles. The van der Waals surface area contributed by atoms with Gasteiger partial charge in [0.2, 0.25) is 0 Å². The zero-order valence-electron chi connectivity index (χ0n) is 17.4. The number of benzene rings is 1.